The van der Waals surface area contributed by atoms with Gasteiger partial charge < -0.3 is 4.42 Å². The largest absolute Gasteiger partial charge is 0.473 e. The summed E-state index contributed by atoms with van der Waals surface area (Å²) < 4.78 is 5.67. The second-order valence-electron chi connectivity index (χ2n) is 4.11. The average molecular weight is 253 g/mol. The lowest BCUT2D eigenvalue weighted by atomic mass is 10.7. The van der Waals surface area contributed by atoms with Crippen molar-refractivity contribution in [1.29, 1.82) is 0 Å². The third kappa shape index (κ3) is 2.87. The summed E-state index contributed by atoms with van der Waals surface area (Å²) in [5.41, 5.74) is 0. The van der Waals surface area contributed by atoms with E-state index in [0.717, 1.165) is 10.8 Å². The molecule has 0 fully saturated rings. The summed E-state index contributed by atoms with van der Waals surface area (Å²) in [5.74, 6) is 0. The summed E-state index contributed by atoms with van der Waals surface area (Å²) >= 11 is 12.5. The first-order chi connectivity index (χ1) is 5.71. The van der Waals surface area contributed by atoms with Gasteiger partial charge in [0.1, 0.15) is 0 Å². The van der Waals surface area contributed by atoms with Crippen LogP contribution >= 0.6 is 22.2 Å². The van der Waals surface area contributed by atoms with E-state index in [0.29, 0.717) is 0 Å². The second-order valence-corrected chi connectivity index (χ2v) is 16.7. The van der Waals surface area contributed by atoms with Crippen LogP contribution in [0.25, 0.3) is 0 Å². The summed E-state index contributed by atoms with van der Waals surface area (Å²) in [6.45, 7) is 8.17. The van der Waals surface area contributed by atoms with Crippen LogP contribution < -0.4 is 10.8 Å². The van der Waals surface area contributed by atoms with Crippen LogP contribution in [0.1, 0.15) is 0 Å². The van der Waals surface area contributed by atoms with E-state index < -0.39 is 14.8 Å². The van der Waals surface area contributed by atoms with Gasteiger partial charge in [-0.1, -0.05) is 0 Å². The van der Waals surface area contributed by atoms with Gasteiger partial charge in [0.15, 0.2) is 0 Å². The first-order valence-corrected chi connectivity index (χ1v) is 12.2. The first-order valence-electron chi connectivity index (χ1n) is 4.20. The Balaban J connectivity index is 3.01. The summed E-state index contributed by atoms with van der Waals surface area (Å²) in [4.78, 5) is 0. The Labute approximate surface area is 90.5 Å². The summed E-state index contributed by atoms with van der Waals surface area (Å²) in [6, 6.07) is 3.93. The lowest BCUT2D eigenvalue weighted by molar-refractivity contribution is 0.631. The Morgan fingerprint density at radius 2 is 1.23 bits per heavy atom. The van der Waals surface area contributed by atoms with Crippen LogP contribution in [0.3, 0.4) is 0 Å². The lowest BCUT2D eigenvalue weighted by Gasteiger charge is -2.11. The lowest BCUT2D eigenvalue weighted by Crippen LogP contribution is -2.38. The monoisotopic (exact) mass is 252 g/mol. The maximum absolute atomic E-state index is 6.24. The molecule has 0 N–H and O–H groups in total. The molecule has 13 heavy (non-hydrogen) atoms. The van der Waals surface area contributed by atoms with Crippen LogP contribution in [-0.2, 0) is 0 Å². The van der Waals surface area contributed by atoms with Gasteiger partial charge in [0.2, 0.25) is 14.8 Å². The van der Waals surface area contributed by atoms with Gasteiger partial charge in [-0.3, -0.25) is 0 Å². The first kappa shape index (κ1) is 11.4. The van der Waals surface area contributed by atoms with Gasteiger partial charge in [0.25, 0.3) is 0 Å². The summed E-state index contributed by atoms with van der Waals surface area (Å²) in [7, 11) is -3.64. The quantitative estimate of drug-likeness (QED) is 0.583. The second kappa shape index (κ2) is 3.46. The molecule has 0 aliphatic heterocycles. The van der Waals surface area contributed by atoms with E-state index in [1.165, 1.54) is 0 Å². The molecule has 74 valence electrons. The summed E-state index contributed by atoms with van der Waals surface area (Å²) in [6.07, 6.45) is 0. The van der Waals surface area contributed by atoms with Crippen molar-refractivity contribution < 1.29 is 4.42 Å². The number of halogens is 2. The predicted molar refractivity (Wildman–Crippen MR) is 64.6 cm³/mol. The molecule has 0 unspecified atom stereocenters. The Kier molecular flexibility index (Phi) is 3.02. The molecule has 1 heterocycles. The van der Waals surface area contributed by atoms with Crippen LogP contribution in [0, 0.1) is 0 Å². The van der Waals surface area contributed by atoms with Gasteiger partial charge in [0, 0.05) is 0 Å². The molecule has 0 aliphatic carbocycles. The Bertz CT molecular complexity index is 267. The van der Waals surface area contributed by atoms with E-state index in [9.17, 15) is 0 Å². The molecule has 1 nitrogen and oxygen atoms in total. The molecule has 1 aromatic rings. The van der Waals surface area contributed by atoms with E-state index in [1.54, 1.807) is 0 Å². The zero-order valence-corrected chi connectivity index (χ0v) is 11.8. The van der Waals surface area contributed by atoms with E-state index in [1.807, 2.05) is 38.3 Å². The molecule has 5 heteroatoms. The van der Waals surface area contributed by atoms with Crippen LogP contribution in [-0.4, -0.2) is 14.8 Å². The van der Waals surface area contributed by atoms with Crippen LogP contribution in [0.4, 0.5) is 0 Å². The highest BCUT2D eigenvalue weighted by molar-refractivity contribution is 7.27. The smallest absolute Gasteiger partial charge is 0.223 e. The average Bonchev–Trinajstić information content (AvgIpc) is 2.28. The highest BCUT2D eigenvalue weighted by atomic mass is 35.6. The summed E-state index contributed by atoms with van der Waals surface area (Å²) in [5, 5.41) is 1.84. The fourth-order valence-corrected chi connectivity index (χ4v) is 3.35. The van der Waals surface area contributed by atoms with Crippen molar-refractivity contribution >= 4 is 47.7 Å². The minimum Gasteiger partial charge on any atom is -0.473 e. The SMILES string of the molecule is C[Si](C)(Cl)c1ccc([Si](C)(C)Cl)o1. The fraction of sp³-hybridized carbons (Fsp3) is 0.500. The van der Waals surface area contributed by atoms with E-state index in [2.05, 4.69) is 0 Å². The molecule has 0 amide bonds. The number of hydrogen-bond donors (Lipinski definition) is 0. The number of rotatable bonds is 2. The molecule has 0 saturated heterocycles. The standard InChI is InChI=1S/C8H14Cl2OSi2/c1-12(2,9)7-5-6-8(11-7)13(3,4)10/h5-6H,1-4H3. The molecule has 0 aromatic carbocycles. The maximum Gasteiger partial charge on any atom is 0.223 e. The van der Waals surface area contributed by atoms with Crippen molar-refractivity contribution in [2.75, 3.05) is 0 Å². The molecule has 0 saturated carbocycles. The zero-order chi connectivity index (χ0) is 10.3. The molecule has 1 aromatic heterocycles. The van der Waals surface area contributed by atoms with Crippen molar-refractivity contribution in [3.05, 3.63) is 12.1 Å². The van der Waals surface area contributed by atoms with E-state index >= 15 is 0 Å². The van der Waals surface area contributed by atoms with Gasteiger partial charge in [-0.2, -0.15) is 22.2 Å². The third-order valence-electron chi connectivity index (χ3n) is 1.78. The van der Waals surface area contributed by atoms with Gasteiger partial charge in [-0.15, -0.1) is 0 Å². The number of furan rings is 1. The normalized spacial score (nSPS) is 13.4. The molecule has 0 bridgehead atoms. The fourth-order valence-electron chi connectivity index (χ4n) is 0.977. The third-order valence-corrected chi connectivity index (χ3v) is 5.78. The van der Waals surface area contributed by atoms with Gasteiger partial charge in [-0.25, -0.2) is 0 Å². The van der Waals surface area contributed by atoms with Crippen LogP contribution in [0.2, 0.25) is 26.2 Å². The molecule has 0 aliphatic rings. The van der Waals surface area contributed by atoms with Crippen molar-refractivity contribution in [1.82, 2.24) is 0 Å². The number of hydrogen-bond acceptors (Lipinski definition) is 1. The minimum absolute atomic E-state index is 0.922. The van der Waals surface area contributed by atoms with Gasteiger partial charge in [0.05, 0.1) is 10.8 Å². The van der Waals surface area contributed by atoms with E-state index in [-0.39, 0.29) is 0 Å². The molecule has 0 radical (unpaired) electrons. The minimum atomic E-state index is -1.82. The maximum atomic E-state index is 6.24. The zero-order valence-electron chi connectivity index (χ0n) is 8.32. The van der Waals surface area contributed by atoms with Gasteiger partial charge >= 0.3 is 0 Å². The van der Waals surface area contributed by atoms with Gasteiger partial charge in [-0.05, 0) is 38.3 Å². The van der Waals surface area contributed by atoms with Crippen LogP contribution in [0.5, 0.6) is 0 Å². The Morgan fingerprint density at radius 1 is 0.923 bits per heavy atom. The molecular weight excluding hydrogens is 239 g/mol. The molecule has 0 spiro atoms. The highest BCUT2D eigenvalue weighted by Gasteiger charge is 2.29. The highest BCUT2D eigenvalue weighted by Crippen LogP contribution is 2.12. The molecule has 1 rings (SSSR count). The van der Waals surface area contributed by atoms with Crippen LogP contribution in [0.15, 0.2) is 16.5 Å². The Hall–Kier alpha value is 0.294. The topological polar surface area (TPSA) is 13.1 Å². The van der Waals surface area contributed by atoms with E-state index in [4.69, 9.17) is 26.6 Å². The molecule has 0 atom stereocenters. The van der Waals surface area contributed by atoms with Crippen molar-refractivity contribution in [3.8, 4) is 0 Å². The van der Waals surface area contributed by atoms with Crippen molar-refractivity contribution in [2.24, 2.45) is 0 Å². The van der Waals surface area contributed by atoms with Crippen molar-refractivity contribution in [3.63, 3.8) is 0 Å². The van der Waals surface area contributed by atoms with Crippen molar-refractivity contribution in [2.45, 2.75) is 26.2 Å². The Morgan fingerprint density at radius 3 is 1.38 bits per heavy atom. The predicted octanol–water partition coefficient (Wildman–Crippen LogP) is 2.58. The molecular formula is C8H14Cl2OSi2.